The van der Waals surface area contributed by atoms with Crippen LogP contribution in [0, 0.1) is 0 Å². The number of aromatic nitrogens is 1. The minimum Gasteiger partial charge on any atom is -0.464 e. The Morgan fingerprint density at radius 2 is 1.33 bits per heavy atom. The van der Waals surface area contributed by atoms with Gasteiger partial charge in [0.1, 0.15) is 12.0 Å². The van der Waals surface area contributed by atoms with Crippen molar-refractivity contribution >= 4 is 23.0 Å². The van der Waals surface area contributed by atoms with Crippen molar-refractivity contribution in [2.45, 2.75) is 0 Å². The molecule has 0 unspecified atom stereocenters. The van der Waals surface area contributed by atoms with Gasteiger partial charge in [0.15, 0.2) is 11.5 Å². The predicted molar refractivity (Wildman–Crippen MR) is 126 cm³/mol. The molecule has 0 aliphatic heterocycles. The number of furan rings is 1. The van der Waals surface area contributed by atoms with Crippen LogP contribution in [0.25, 0.3) is 23.0 Å². The molecule has 0 atom stereocenters. The number of hydrogen-bond donors (Lipinski definition) is 0. The number of oxazole rings is 1. The van der Waals surface area contributed by atoms with E-state index in [0.29, 0.717) is 11.5 Å². The third-order valence-corrected chi connectivity index (χ3v) is 5.15. The van der Waals surface area contributed by atoms with Gasteiger partial charge in [0, 0.05) is 22.6 Å². The molecule has 0 fully saturated rings. The molecule has 2 heterocycles. The summed E-state index contributed by atoms with van der Waals surface area (Å²) < 4.78 is 15.9. The first-order valence-corrected chi connectivity index (χ1v) is 10.4. The van der Waals surface area contributed by atoms with Gasteiger partial charge in [0.05, 0.1) is 7.11 Å². The summed E-state index contributed by atoms with van der Waals surface area (Å²) in [5.41, 5.74) is 4.17. The first-order valence-electron chi connectivity index (χ1n) is 10.4. The van der Waals surface area contributed by atoms with E-state index < -0.39 is 5.97 Å². The number of carbonyl (C=O) groups is 1. The second-order valence-electron chi connectivity index (χ2n) is 7.25. The van der Waals surface area contributed by atoms with Crippen molar-refractivity contribution in [3.8, 4) is 23.0 Å². The van der Waals surface area contributed by atoms with Crippen molar-refractivity contribution in [3.05, 3.63) is 109 Å². The monoisotopic (exact) mass is 436 g/mol. The molecule has 5 rings (SSSR count). The average Bonchev–Trinajstić information content (AvgIpc) is 3.56. The Hall–Kier alpha value is -4.58. The van der Waals surface area contributed by atoms with Gasteiger partial charge < -0.3 is 18.5 Å². The largest absolute Gasteiger partial charge is 0.464 e. The van der Waals surface area contributed by atoms with E-state index in [9.17, 15) is 4.79 Å². The van der Waals surface area contributed by atoms with E-state index in [1.807, 2.05) is 54.6 Å². The van der Waals surface area contributed by atoms with Gasteiger partial charge in [-0.2, -0.15) is 4.98 Å². The molecule has 0 saturated carbocycles. The van der Waals surface area contributed by atoms with Crippen LogP contribution in [0.15, 0.2) is 112 Å². The second-order valence-corrected chi connectivity index (χ2v) is 7.25. The Bertz CT molecular complexity index is 1320. The lowest BCUT2D eigenvalue weighted by Gasteiger charge is -2.25. The molecular formula is C27H20N2O4. The first-order chi connectivity index (χ1) is 16.2. The Morgan fingerprint density at radius 3 is 1.94 bits per heavy atom. The molecule has 0 spiro atoms. The van der Waals surface area contributed by atoms with Crippen LogP contribution in [0.5, 0.6) is 0 Å². The number of anilines is 3. The van der Waals surface area contributed by atoms with Gasteiger partial charge in [0.25, 0.3) is 5.89 Å². The minimum absolute atomic E-state index is 0.0942. The molecule has 2 aromatic heterocycles. The number of hydrogen-bond acceptors (Lipinski definition) is 6. The zero-order chi connectivity index (χ0) is 22.6. The number of methoxy groups -OCH3 is 1. The van der Waals surface area contributed by atoms with Crippen molar-refractivity contribution in [3.63, 3.8) is 0 Å². The second kappa shape index (κ2) is 8.88. The number of para-hydroxylation sites is 2. The van der Waals surface area contributed by atoms with Crippen molar-refractivity contribution in [1.82, 2.24) is 4.98 Å². The van der Waals surface area contributed by atoms with Crippen molar-refractivity contribution in [2.75, 3.05) is 12.0 Å². The summed E-state index contributed by atoms with van der Waals surface area (Å²) in [6, 6.07) is 32.2. The van der Waals surface area contributed by atoms with E-state index in [0.717, 1.165) is 22.6 Å². The lowest BCUT2D eigenvalue weighted by Crippen LogP contribution is -2.09. The zero-order valence-corrected chi connectivity index (χ0v) is 17.8. The normalized spacial score (nSPS) is 10.7. The molecule has 162 valence electrons. The average molecular weight is 436 g/mol. The van der Waals surface area contributed by atoms with Crippen LogP contribution in [0.4, 0.5) is 17.1 Å². The fraction of sp³-hybridized carbons (Fsp3) is 0.0370. The van der Waals surface area contributed by atoms with Crippen LogP contribution < -0.4 is 4.90 Å². The number of rotatable bonds is 6. The Labute approximate surface area is 190 Å². The van der Waals surface area contributed by atoms with E-state index >= 15 is 0 Å². The SMILES string of the molecule is COC(=O)c1coc(-c2ccc(-c3ccc(N(c4ccccc4)c4ccccc4)cc3)o2)n1. The molecule has 3 aromatic carbocycles. The van der Waals surface area contributed by atoms with Gasteiger partial charge >= 0.3 is 5.97 Å². The lowest BCUT2D eigenvalue weighted by atomic mass is 10.1. The maximum Gasteiger partial charge on any atom is 0.360 e. The topological polar surface area (TPSA) is 68.7 Å². The molecule has 0 radical (unpaired) electrons. The van der Waals surface area contributed by atoms with Gasteiger partial charge in [-0.15, -0.1) is 0 Å². The zero-order valence-electron chi connectivity index (χ0n) is 17.8. The maximum atomic E-state index is 11.6. The smallest absolute Gasteiger partial charge is 0.360 e. The maximum absolute atomic E-state index is 11.6. The highest BCUT2D eigenvalue weighted by Crippen LogP contribution is 2.36. The van der Waals surface area contributed by atoms with Crippen LogP contribution in [-0.4, -0.2) is 18.1 Å². The van der Waals surface area contributed by atoms with Crippen LogP contribution in [0.2, 0.25) is 0 Å². The van der Waals surface area contributed by atoms with Gasteiger partial charge in [-0.25, -0.2) is 4.79 Å². The summed E-state index contributed by atoms with van der Waals surface area (Å²) in [6.45, 7) is 0. The van der Waals surface area contributed by atoms with E-state index in [1.54, 1.807) is 6.07 Å². The number of benzene rings is 3. The Balaban J connectivity index is 1.43. The molecule has 5 aromatic rings. The van der Waals surface area contributed by atoms with E-state index in [-0.39, 0.29) is 11.6 Å². The highest BCUT2D eigenvalue weighted by Gasteiger charge is 2.17. The summed E-state index contributed by atoms with van der Waals surface area (Å²) in [5, 5.41) is 0. The summed E-state index contributed by atoms with van der Waals surface area (Å²) >= 11 is 0. The summed E-state index contributed by atoms with van der Waals surface area (Å²) in [6.07, 6.45) is 1.25. The van der Waals surface area contributed by atoms with E-state index in [4.69, 9.17) is 8.83 Å². The Kier molecular flexibility index (Phi) is 5.47. The summed E-state index contributed by atoms with van der Waals surface area (Å²) in [4.78, 5) is 17.9. The van der Waals surface area contributed by atoms with Crippen LogP contribution in [0.1, 0.15) is 10.5 Å². The molecule has 0 aliphatic carbocycles. The first kappa shape index (κ1) is 20.3. The molecular weight excluding hydrogens is 416 g/mol. The van der Waals surface area contributed by atoms with Crippen molar-refractivity contribution in [2.24, 2.45) is 0 Å². The van der Waals surface area contributed by atoms with Gasteiger partial charge in [-0.1, -0.05) is 36.4 Å². The minimum atomic E-state index is -0.561. The summed E-state index contributed by atoms with van der Waals surface area (Å²) in [5.74, 6) is 0.756. The fourth-order valence-corrected chi connectivity index (χ4v) is 3.57. The van der Waals surface area contributed by atoms with Crippen LogP contribution in [-0.2, 0) is 4.74 Å². The predicted octanol–water partition coefficient (Wildman–Crippen LogP) is 6.86. The molecule has 6 nitrogen and oxygen atoms in total. The van der Waals surface area contributed by atoms with Gasteiger partial charge in [-0.05, 0) is 60.7 Å². The summed E-state index contributed by atoms with van der Waals surface area (Å²) in [7, 11) is 1.29. The third kappa shape index (κ3) is 4.14. The van der Waals surface area contributed by atoms with Crippen LogP contribution in [0.3, 0.4) is 0 Å². The number of ether oxygens (including phenoxy) is 1. The molecule has 6 heteroatoms. The van der Waals surface area contributed by atoms with Crippen molar-refractivity contribution in [1.29, 1.82) is 0 Å². The van der Waals surface area contributed by atoms with Crippen molar-refractivity contribution < 1.29 is 18.4 Å². The van der Waals surface area contributed by atoms with Gasteiger partial charge in [0.2, 0.25) is 0 Å². The van der Waals surface area contributed by atoms with E-state index in [2.05, 4.69) is 51.0 Å². The Morgan fingerprint density at radius 1 is 0.758 bits per heavy atom. The third-order valence-electron chi connectivity index (χ3n) is 5.15. The quantitative estimate of drug-likeness (QED) is 0.271. The molecule has 33 heavy (non-hydrogen) atoms. The van der Waals surface area contributed by atoms with Crippen LogP contribution >= 0.6 is 0 Å². The van der Waals surface area contributed by atoms with Gasteiger partial charge in [-0.3, -0.25) is 0 Å². The van der Waals surface area contributed by atoms with E-state index in [1.165, 1.54) is 13.4 Å². The molecule has 0 bridgehead atoms. The highest BCUT2D eigenvalue weighted by molar-refractivity contribution is 5.87. The fourth-order valence-electron chi connectivity index (χ4n) is 3.57. The highest BCUT2D eigenvalue weighted by atomic mass is 16.5. The number of nitrogens with zero attached hydrogens (tertiary/aromatic N) is 2. The molecule has 0 saturated heterocycles. The lowest BCUT2D eigenvalue weighted by molar-refractivity contribution is 0.0594. The number of carbonyl (C=O) groups excluding carboxylic acids is 1. The molecule has 0 amide bonds. The number of esters is 1. The standard InChI is InChI=1S/C27H20N2O4/c1-31-27(30)23-18-32-26(28-23)25-17-16-24(33-25)19-12-14-22(15-13-19)29(20-8-4-2-5-9-20)21-10-6-3-7-11-21/h2-18H,1H3. The molecule has 0 N–H and O–H groups in total. The molecule has 0 aliphatic rings.